The summed E-state index contributed by atoms with van der Waals surface area (Å²) in [6.45, 7) is 0. The Morgan fingerprint density at radius 1 is 1.29 bits per heavy atom. The van der Waals surface area contributed by atoms with Crippen LogP contribution in [0.4, 0.5) is 5.82 Å². The molecule has 0 radical (unpaired) electrons. The van der Waals surface area contributed by atoms with Gasteiger partial charge in [0.2, 0.25) is 5.82 Å². The maximum atomic E-state index is 5.57. The molecule has 3 aromatic heterocycles. The highest BCUT2D eigenvalue weighted by molar-refractivity contribution is 5.58. The standard InChI is InChI=1S/C9H7N7O/c10-6-3-5(1-2-11-6)9-14-8(16-17-9)7-12-4-13-15-7/h1-4H,(H2,10,11)(H,12,13,15). The topological polar surface area (TPSA) is 119 Å². The fraction of sp³-hybridized carbons (Fsp3) is 0. The van der Waals surface area contributed by atoms with Crippen LogP contribution < -0.4 is 5.73 Å². The number of rotatable bonds is 2. The second-order valence-corrected chi connectivity index (χ2v) is 3.23. The molecule has 0 spiro atoms. The summed E-state index contributed by atoms with van der Waals surface area (Å²) in [6.07, 6.45) is 2.94. The van der Waals surface area contributed by atoms with E-state index in [9.17, 15) is 0 Å². The molecule has 3 aromatic rings. The summed E-state index contributed by atoms with van der Waals surface area (Å²) in [6, 6.07) is 3.38. The number of nitrogens with one attached hydrogen (secondary N) is 1. The number of aromatic amines is 1. The first-order chi connectivity index (χ1) is 8.33. The van der Waals surface area contributed by atoms with Crippen molar-refractivity contribution in [2.24, 2.45) is 0 Å². The third-order valence-electron chi connectivity index (χ3n) is 2.08. The Morgan fingerprint density at radius 2 is 2.24 bits per heavy atom. The first-order valence-electron chi connectivity index (χ1n) is 4.74. The quantitative estimate of drug-likeness (QED) is 0.656. The molecule has 0 saturated heterocycles. The minimum atomic E-state index is 0.341. The van der Waals surface area contributed by atoms with Crippen LogP contribution in [0, 0.1) is 0 Å². The Hall–Kier alpha value is -2.77. The van der Waals surface area contributed by atoms with Gasteiger partial charge in [-0.25, -0.2) is 9.97 Å². The van der Waals surface area contributed by atoms with E-state index in [0.717, 1.165) is 0 Å². The van der Waals surface area contributed by atoms with Crippen LogP contribution in [0.1, 0.15) is 0 Å². The summed E-state index contributed by atoms with van der Waals surface area (Å²) in [5.74, 6) is 1.53. The van der Waals surface area contributed by atoms with Gasteiger partial charge in [0.1, 0.15) is 12.1 Å². The highest BCUT2D eigenvalue weighted by Crippen LogP contribution is 2.20. The molecule has 0 unspecified atom stereocenters. The second-order valence-electron chi connectivity index (χ2n) is 3.23. The van der Waals surface area contributed by atoms with Gasteiger partial charge >= 0.3 is 0 Å². The predicted molar refractivity (Wildman–Crippen MR) is 57.3 cm³/mol. The highest BCUT2D eigenvalue weighted by atomic mass is 16.5. The number of hydrogen-bond donors (Lipinski definition) is 2. The summed E-state index contributed by atoms with van der Waals surface area (Å²) in [5.41, 5.74) is 6.27. The van der Waals surface area contributed by atoms with E-state index in [-0.39, 0.29) is 0 Å². The molecule has 3 N–H and O–H groups in total. The zero-order chi connectivity index (χ0) is 11.7. The van der Waals surface area contributed by atoms with Crippen LogP contribution >= 0.6 is 0 Å². The monoisotopic (exact) mass is 229 g/mol. The van der Waals surface area contributed by atoms with E-state index in [2.05, 4.69) is 30.3 Å². The molecule has 0 aliphatic rings. The highest BCUT2D eigenvalue weighted by Gasteiger charge is 2.12. The maximum absolute atomic E-state index is 5.57. The van der Waals surface area contributed by atoms with Crippen molar-refractivity contribution in [1.29, 1.82) is 0 Å². The van der Waals surface area contributed by atoms with Crippen LogP contribution in [-0.2, 0) is 0 Å². The number of aromatic nitrogens is 6. The molecule has 0 atom stereocenters. The number of anilines is 1. The first kappa shape index (κ1) is 9.46. The molecule has 0 aromatic carbocycles. The second kappa shape index (κ2) is 3.67. The Bertz CT molecular complexity index is 630. The van der Waals surface area contributed by atoms with Crippen molar-refractivity contribution in [3.8, 4) is 23.1 Å². The maximum Gasteiger partial charge on any atom is 0.258 e. The van der Waals surface area contributed by atoms with Crippen LogP contribution in [0.25, 0.3) is 23.1 Å². The molecule has 0 bridgehead atoms. The predicted octanol–water partition coefficient (Wildman–Crippen LogP) is 0.499. The van der Waals surface area contributed by atoms with Crippen LogP contribution in [0.15, 0.2) is 29.2 Å². The molecule has 3 heterocycles. The largest absolute Gasteiger partial charge is 0.384 e. The van der Waals surface area contributed by atoms with E-state index in [1.165, 1.54) is 6.33 Å². The molecule has 0 aliphatic carbocycles. The normalized spacial score (nSPS) is 10.6. The molecule has 0 aliphatic heterocycles. The van der Waals surface area contributed by atoms with Gasteiger partial charge in [-0.1, -0.05) is 5.16 Å². The average Bonchev–Trinajstić information content (AvgIpc) is 3.00. The molecule has 0 saturated carbocycles. The van der Waals surface area contributed by atoms with Crippen molar-refractivity contribution in [3.63, 3.8) is 0 Å². The van der Waals surface area contributed by atoms with E-state index >= 15 is 0 Å². The summed E-state index contributed by atoms with van der Waals surface area (Å²) >= 11 is 0. The van der Waals surface area contributed by atoms with Gasteiger partial charge in [0.25, 0.3) is 5.89 Å². The number of nitrogens with two attached hydrogens (primary N) is 1. The summed E-state index contributed by atoms with van der Waals surface area (Å²) in [7, 11) is 0. The van der Waals surface area contributed by atoms with E-state index < -0.39 is 0 Å². The molecule has 17 heavy (non-hydrogen) atoms. The Morgan fingerprint density at radius 3 is 3.00 bits per heavy atom. The van der Waals surface area contributed by atoms with Gasteiger partial charge in [0, 0.05) is 11.8 Å². The Balaban J connectivity index is 2.01. The van der Waals surface area contributed by atoms with Gasteiger partial charge in [-0.15, -0.1) is 0 Å². The molecule has 8 heteroatoms. The van der Waals surface area contributed by atoms with Crippen molar-refractivity contribution in [2.75, 3.05) is 5.73 Å². The zero-order valence-corrected chi connectivity index (χ0v) is 8.53. The summed E-state index contributed by atoms with van der Waals surface area (Å²) in [4.78, 5) is 12.0. The number of nitrogens with zero attached hydrogens (tertiary/aromatic N) is 5. The van der Waals surface area contributed by atoms with Gasteiger partial charge in [0.15, 0.2) is 5.82 Å². The first-order valence-corrected chi connectivity index (χ1v) is 4.74. The lowest BCUT2D eigenvalue weighted by Gasteiger charge is -1.94. The zero-order valence-electron chi connectivity index (χ0n) is 8.53. The fourth-order valence-electron chi connectivity index (χ4n) is 1.33. The Kier molecular flexibility index (Phi) is 2.04. The Labute approximate surface area is 94.9 Å². The number of nitrogen functional groups attached to an aromatic ring is 1. The van der Waals surface area contributed by atoms with Crippen LogP contribution in [0.2, 0.25) is 0 Å². The van der Waals surface area contributed by atoms with E-state index in [4.69, 9.17) is 10.3 Å². The average molecular weight is 229 g/mol. The number of hydrogen-bond acceptors (Lipinski definition) is 7. The van der Waals surface area contributed by atoms with Crippen molar-refractivity contribution in [3.05, 3.63) is 24.7 Å². The minimum Gasteiger partial charge on any atom is -0.384 e. The third-order valence-corrected chi connectivity index (χ3v) is 2.08. The van der Waals surface area contributed by atoms with Gasteiger partial charge in [-0.2, -0.15) is 10.1 Å². The molecule has 0 fully saturated rings. The van der Waals surface area contributed by atoms with E-state index in [1.54, 1.807) is 18.3 Å². The smallest absolute Gasteiger partial charge is 0.258 e. The van der Waals surface area contributed by atoms with Gasteiger partial charge in [-0.05, 0) is 12.1 Å². The molecule has 8 nitrogen and oxygen atoms in total. The third kappa shape index (κ3) is 1.71. The minimum absolute atomic E-state index is 0.341. The SMILES string of the molecule is Nc1cc(-c2nc(-c3ncn[nH]3)no2)ccn1. The lowest BCUT2D eigenvalue weighted by molar-refractivity contribution is 0.432. The fourth-order valence-corrected chi connectivity index (χ4v) is 1.33. The van der Waals surface area contributed by atoms with E-state index in [0.29, 0.717) is 28.9 Å². The van der Waals surface area contributed by atoms with Crippen molar-refractivity contribution in [2.45, 2.75) is 0 Å². The van der Waals surface area contributed by atoms with Gasteiger partial charge in [0.05, 0.1) is 0 Å². The lowest BCUT2D eigenvalue weighted by Crippen LogP contribution is -1.89. The molecule has 3 rings (SSSR count). The molecule has 0 amide bonds. The summed E-state index contributed by atoms with van der Waals surface area (Å²) < 4.78 is 5.10. The molecular formula is C9H7N7O. The molecule has 84 valence electrons. The van der Waals surface area contributed by atoms with Crippen LogP contribution in [0.5, 0.6) is 0 Å². The van der Waals surface area contributed by atoms with E-state index in [1.807, 2.05) is 0 Å². The van der Waals surface area contributed by atoms with Gasteiger partial charge < -0.3 is 10.3 Å². The van der Waals surface area contributed by atoms with Crippen molar-refractivity contribution < 1.29 is 4.52 Å². The molecular weight excluding hydrogens is 222 g/mol. The number of H-pyrrole nitrogens is 1. The van der Waals surface area contributed by atoms with Crippen molar-refractivity contribution >= 4 is 5.82 Å². The lowest BCUT2D eigenvalue weighted by atomic mass is 10.2. The summed E-state index contributed by atoms with van der Waals surface area (Å²) in [5, 5.41) is 10.1. The van der Waals surface area contributed by atoms with Crippen molar-refractivity contribution in [1.82, 2.24) is 30.3 Å². The van der Waals surface area contributed by atoms with Crippen LogP contribution in [0.3, 0.4) is 0 Å². The number of pyridine rings is 1. The van der Waals surface area contributed by atoms with Crippen LogP contribution in [-0.4, -0.2) is 30.3 Å². The van der Waals surface area contributed by atoms with Gasteiger partial charge in [-0.3, -0.25) is 5.10 Å².